The maximum atomic E-state index is 11.8. The Labute approximate surface area is 146 Å². The summed E-state index contributed by atoms with van der Waals surface area (Å²) in [6, 6.07) is 0. The third-order valence-corrected chi connectivity index (χ3v) is 3.34. The first-order valence-electron chi connectivity index (χ1n) is 7.45. The molecule has 0 aliphatic rings. The summed E-state index contributed by atoms with van der Waals surface area (Å²) in [5.41, 5.74) is -4.79. The van der Waals surface area contributed by atoms with E-state index >= 15 is 0 Å². The Morgan fingerprint density at radius 2 is 1.42 bits per heavy atom. The maximum Gasteiger partial charge on any atom is 0.333 e. The first-order valence-corrected chi connectivity index (χ1v) is 7.45. The number of carbonyl (C=O) groups is 2. The number of carbonyl (C=O) groups excluding carboxylic acids is 2. The molecule has 0 aliphatic carbocycles. The van der Waals surface area contributed by atoms with Crippen molar-refractivity contribution in [3.63, 3.8) is 0 Å². The second-order valence-corrected chi connectivity index (χ2v) is 5.24. The van der Waals surface area contributed by atoms with Crippen molar-refractivity contribution >= 4 is 11.9 Å². The number of hydrogen-bond donors (Lipinski definition) is 3. The fraction of sp³-hybridized carbons (Fsp3) is 0.400. The van der Waals surface area contributed by atoms with Gasteiger partial charge in [-0.1, -0.05) is 13.2 Å². The summed E-state index contributed by atoms with van der Waals surface area (Å²) in [5, 5.41) is 10.7. The van der Waals surface area contributed by atoms with Gasteiger partial charge in [0.25, 0.3) is 0 Å². The molecule has 0 saturated heterocycles. The van der Waals surface area contributed by atoms with Crippen molar-refractivity contribution in [1.29, 1.82) is 0 Å². The van der Waals surface area contributed by atoms with E-state index in [9.17, 15) is 29.1 Å². The highest BCUT2D eigenvalue weighted by atomic mass is 16.5. The van der Waals surface area contributed by atoms with E-state index in [2.05, 4.69) is 13.2 Å². The number of nitrogens with one attached hydrogen (secondary N) is 2. The third-order valence-electron chi connectivity index (χ3n) is 3.34. The molecule has 0 atom stereocenters. The Balaban J connectivity index is 2.96. The Bertz CT molecular complexity index is 787. The van der Waals surface area contributed by atoms with E-state index in [0.29, 0.717) is 4.57 Å². The van der Waals surface area contributed by atoms with Crippen LogP contribution in [-0.2, 0) is 25.6 Å². The van der Waals surface area contributed by atoms with Gasteiger partial charge in [0.15, 0.2) is 0 Å². The molecular formula is C15H19N3O8. The largest absolute Gasteiger partial charge is 0.462 e. The Morgan fingerprint density at radius 3 is 1.81 bits per heavy atom. The topological polar surface area (TPSA) is 161 Å². The predicted octanol–water partition coefficient (Wildman–Crippen LogP) is -1.81. The van der Waals surface area contributed by atoms with Gasteiger partial charge in [-0.3, -0.25) is 9.97 Å². The molecule has 3 N–H and O–H groups in total. The molecule has 1 rings (SSSR count). The lowest BCUT2D eigenvalue weighted by atomic mass is 9.96. The highest BCUT2D eigenvalue weighted by molar-refractivity contribution is 5.81. The van der Waals surface area contributed by atoms with E-state index in [1.54, 1.807) is 0 Å². The number of rotatable bonds is 10. The van der Waals surface area contributed by atoms with Gasteiger partial charge in [0.1, 0.15) is 0 Å². The van der Waals surface area contributed by atoms with Crippen molar-refractivity contribution in [2.24, 2.45) is 0 Å². The summed E-state index contributed by atoms with van der Waals surface area (Å²) in [5.74, 6) is -1.44. The molecule has 1 aromatic rings. The van der Waals surface area contributed by atoms with Crippen molar-refractivity contribution in [2.45, 2.75) is 25.0 Å². The molecule has 0 unspecified atom stereocenters. The van der Waals surface area contributed by atoms with E-state index in [1.165, 1.54) is 0 Å². The number of aromatic nitrogens is 3. The molecule has 26 heavy (non-hydrogen) atoms. The molecular weight excluding hydrogens is 350 g/mol. The van der Waals surface area contributed by atoms with Gasteiger partial charge in [-0.2, -0.15) is 0 Å². The smallest absolute Gasteiger partial charge is 0.333 e. The molecule has 0 amide bonds. The number of hydrogen-bond acceptors (Lipinski definition) is 8. The van der Waals surface area contributed by atoms with Crippen LogP contribution in [0.2, 0.25) is 0 Å². The number of aliphatic hydroxyl groups is 1. The van der Waals surface area contributed by atoms with Crippen molar-refractivity contribution in [3.05, 3.63) is 56.8 Å². The molecule has 0 saturated carbocycles. The SMILES string of the molecule is C=CC(=O)OCCC(O)(CCOC(=O)C=C)Cn1c(=O)[nH]c(=O)[nH]c1=O. The van der Waals surface area contributed by atoms with Gasteiger partial charge < -0.3 is 14.6 Å². The van der Waals surface area contributed by atoms with Crippen molar-refractivity contribution < 1.29 is 24.2 Å². The average molecular weight is 369 g/mol. The summed E-state index contributed by atoms with van der Waals surface area (Å²) in [4.78, 5) is 60.5. The minimum atomic E-state index is -1.75. The Hall–Kier alpha value is -3.21. The summed E-state index contributed by atoms with van der Waals surface area (Å²) in [6.45, 7) is 5.43. The molecule has 1 aromatic heterocycles. The van der Waals surface area contributed by atoms with Crippen LogP contribution in [0, 0.1) is 0 Å². The van der Waals surface area contributed by atoms with Crippen LogP contribution in [0.5, 0.6) is 0 Å². The fourth-order valence-electron chi connectivity index (χ4n) is 1.97. The molecule has 142 valence electrons. The molecule has 0 aliphatic heterocycles. The fourth-order valence-corrected chi connectivity index (χ4v) is 1.97. The van der Waals surface area contributed by atoms with Gasteiger partial charge >= 0.3 is 29.0 Å². The molecule has 0 aromatic carbocycles. The lowest BCUT2D eigenvalue weighted by molar-refractivity contribution is -0.141. The number of esters is 2. The zero-order chi connectivity index (χ0) is 19.7. The summed E-state index contributed by atoms with van der Waals surface area (Å²) in [6.07, 6.45) is 1.51. The van der Waals surface area contributed by atoms with Crippen LogP contribution in [-0.4, -0.2) is 50.4 Å². The lowest BCUT2D eigenvalue weighted by Crippen LogP contribution is -2.49. The quantitative estimate of drug-likeness (QED) is 0.321. The van der Waals surface area contributed by atoms with Gasteiger partial charge in [0.2, 0.25) is 0 Å². The Kier molecular flexibility index (Phi) is 7.47. The van der Waals surface area contributed by atoms with E-state index in [-0.39, 0.29) is 26.1 Å². The van der Waals surface area contributed by atoms with E-state index < -0.39 is 41.2 Å². The van der Waals surface area contributed by atoms with Crippen molar-refractivity contribution in [1.82, 2.24) is 14.5 Å². The predicted molar refractivity (Wildman–Crippen MR) is 88.4 cm³/mol. The van der Waals surface area contributed by atoms with Crippen LogP contribution >= 0.6 is 0 Å². The molecule has 0 spiro atoms. The van der Waals surface area contributed by atoms with Crippen molar-refractivity contribution in [3.8, 4) is 0 Å². The minimum absolute atomic E-state index is 0.177. The summed E-state index contributed by atoms with van der Waals surface area (Å²) in [7, 11) is 0. The first-order chi connectivity index (χ1) is 12.2. The molecule has 0 bridgehead atoms. The Morgan fingerprint density at radius 1 is 1.00 bits per heavy atom. The standard InChI is InChI=1S/C15H19N3O8/c1-3-10(19)25-7-5-15(24,6-8-26-11(20)4-2)9-18-13(22)16-12(21)17-14(18)23/h3-4,24H,1-2,5-9H2,(H2,16,17,21,22,23). The molecule has 0 fully saturated rings. The van der Waals surface area contributed by atoms with E-state index in [4.69, 9.17) is 9.47 Å². The average Bonchev–Trinajstić information content (AvgIpc) is 2.57. The molecule has 11 nitrogen and oxygen atoms in total. The number of ether oxygens (including phenoxy) is 2. The zero-order valence-electron chi connectivity index (χ0n) is 13.9. The van der Waals surface area contributed by atoms with Crippen LogP contribution in [0.1, 0.15) is 12.8 Å². The second-order valence-electron chi connectivity index (χ2n) is 5.24. The second kappa shape index (κ2) is 9.32. The van der Waals surface area contributed by atoms with Gasteiger partial charge in [-0.15, -0.1) is 0 Å². The van der Waals surface area contributed by atoms with Crippen LogP contribution in [0.15, 0.2) is 39.7 Å². The van der Waals surface area contributed by atoms with Crippen LogP contribution < -0.4 is 17.1 Å². The zero-order valence-corrected chi connectivity index (χ0v) is 13.9. The highest BCUT2D eigenvalue weighted by Crippen LogP contribution is 2.17. The van der Waals surface area contributed by atoms with E-state index in [0.717, 1.165) is 12.2 Å². The van der Waals surface area contributed by atoms with Gasteiger partial charge in [0, 0.05) is 25.0 Å². The number of nitrogens with zero attached hydrogens (tertiary/aromatic N) is 1. The third kappa shape index (κ3) is 6.36. The minimum Gasteiger partial charge on any atom is -0.462 e. The normalized spacial score (nSPS) is 10.8. The number of H-pyrrole nitrogens is 2. The van der Waals surface area contributed by atoms with Gasteiger partial charge in [-0.05, 0) is 0 Å². The van der Waals surface area contributed by atoms with Crippen LogP contribution in [0.3, 0.4) is 0 Å². The van der Waals surface area contributed by atoms with Crippen LogP contribution in [0.4, 0.5) is 0 Å². The van der Waals surface area contributed by atoms with Crippen molar-refractivity contribution in [2.75, 3.05) is 13.2 Å². The van der Waals surface area contributed by atoms with E-state index in [1.807, 2.05) is 9.97 Å². The number of aromatic amines is 2. The van der Waals surface area contributed by atoms with Gasteiger partial charge in [-0.25, -0.2) is 28.5 Å². The maximum absolute atomic E-state index is 11.8. The summed E-state index contributed by atoms with van der Waals surface area (Å²) >= 11 is 0. The van der Waals surface area contributed by atoms with Crippen LogP contribution in [0.25, 0.3) is 0 Å². The highest BCUT2D eigenvalue weighted by Gasteiger charge is 2.30. The molecule has 11 heteroatoms. The summed E-state index contributed by atoms with van der Waals surface area (Å²) < 4.78 is 10.1. The van der Waals surface area contributed by atoms with Gasteiger partial charge in [0.05, 0.1) is 25.4 Å². The molecule has 0 radical (unpaired) electrons. The monoisotopic (exact) mass is 369 g/mol. The lowest BCUT2D eigenvalue weighted by Gasteiger charge is -2.27. The first kappa shape index (κ1) is 20.8. The molecule has 1 heterocycles.